The summed E-state index contributed by atoms with van der Waals surface area (Å²) in [7, 11) is 0. The van der Waals surface area contributed by atoms with Gasteiger partial charge in [-0.25, -0.2) is 0 Å². The second-order valence-corrected chi connectivity index (χ2v) is 7.66. The number of hydrogen-bond acceptors (Lipinski definition) is 4. The van der Waals surface area contributed by atoms with Crippen LogP contribution in [0.2, 0.25) is 0 Å². The highest BCUT2D eigenvalue weighted by Crippen LogP contribution is 2.45. The van der Waals surface area contributed by atoms with Crippen molar-refractivity contribution in [3.63, 3.8) is 0 Å². The number of carboxylic acids is 1. The lowest BCUT2D eigenvalue weighted by atomic mass is 9.89. The molecule has 3 N–H and O–H groups in total. The average Bonchev–Trinajstić information content (AvgIpc) is 3.06. The lowest BCUT2D eigenvalue weighted by Gasteiger charge is -2.18. The van der Waals surface area contributed by atoms with Crippen LogP contribution in [-0.4, -0.2) is 45.7 Å². The number of hydrogen-bond donors (Lipinski definition) is 3. The summed E-state index contributed by atoms with van der Waals surface area (Å²) in [6.45, 7) is 2.15. The molecule has 2 rings (SSSR count). The van der Waals surface area contributed by atoms with Crippen LogP contribution in [-0.2, 0) is 9.53 Å². The highest BCUT2D eigenvalue weighted by atomic mass is 16.5. The minimum Gasteiger partial charge on any atom is -0.481 e. The van der Waals surface area contributed by atoms with Gasteiger partial charge < -0.3 is 20.1 Å². The fraction of sp³-hybridized carbons (Fsp3) is 0.850. The van der Waals surface area contributed by atoms with Crippen molar-refractivity contribution >= 4 is 5.97 Å². The molecule has 0 bridgehead atoms. The van der Waals surface area contributed by atoms with E-state index >= 15 is 0 Å². The first-order valence-electron chi connectivity index (χ1n) is 9.93. The number of aliphatic hydroxyl groups excluding tert-OH is 2. The van der Waals surface area contributed by atoms with Crippen molar-refractivity contribution in [2.75, 3.05) is 0 Å². The Hall–Kier alpha value is -0.910. The van der Waals surface area contributed by atoms with E-state index in [1.807, 2.05) is 12.2 Å². The van der Waals surface area contributed by atoms with Crippen LogP contribution >= 0.6 is 0 Å². The molecule has 2 fully saturated rings. The third kappa shape index (κ3) is 6.39. The summed E-state index contributed by atoms with van der Waals surface area (Å²) < 4.78 is 6.08. The van der Waals surface area contributed by atoms with E-state index in [0.717, 1.165) is 44.9 Å². The van der Waals surface area contributed by atoms with Crippen LogP contribution in [0.15, 0.2) is 12.2 Å². The van der Waals surface area contributed by atoms with Crippen molar-refractivity contribution in [3.8, 4) is 0 Å². The Balaban J connectivity index is 1.76. The van der Waals surface area contributed by atoms with Crippen LogP contribution in [0.5, 0.6) is 0 Å². The van der Waals surface area contributed by atoms with Gasteiger partial charge in [-0.1, -0.05) is 44.8 Å². The van der Waals surface area contributed by atoms with Crippen LogP contribution in [0.25, 0.3) is 0 Å². The molecule has 6 atom stereocenters. The maximum atomic E-state index is 10.6. The Kier molecular flexibility index (Phi) is 8.40. The highest BCUT2D eigenvalue weighted by molar-refractivity contribution is 5.66. The molecule has 0 aromatic rings. The van der Waals surface area contributed by atoms with Gasteiger partial charge in [-0.05, 0) is 31.6 Å². The first-order valence-corrected chi connectivity index (χ1v) is 9.93. The smallest absolute Gasteiger partial charge is 0.303 e. The molecule has 1 saturated carbocycles. The zero-order chi connectivity index (χ0) is 18.2. The van der Waals surface area contributed by atoms with Crippen molar-refractivity contribution in [1.82, 2.24) is 0 Å². The van der Waals surface area contributed by atoms with E-state index in [0.29, 0.717) is 18.8 Å². The largest absolute Gasteiger partial charge is 0.481 e. The molecule has 2 aliphatic rings. The summed E-state index contributed by atoms with van der Waals surface area (Å²) in [4.78, 5) is 10.6. The average molecular weight is 354 g/mol. The van der Waals surface area contributed by atoms with Gasteiger partial charge >= 0.3 is 5.97 Å². The molecular weight excluding hydrogens is 320 g/mol. The van der Waals surface area contributed by atoms with Crippen LogP contribution in [0.3, 0.4) is 0 Å². The van der Waals surface area contributed by atoms with E-state index in [-0.39, 0.29) is 30.7 Å². The minimum absolute atomic E-state index is 0.0647. The van der Waals surface area contributed by atoms with E-state index in [1.54, 1.807) is 0 Å². The first kappa shape index (κ1) is 20.4. The molecule has 1 aliphatic heterocycles. The summed E-state index contributed by atoms with van der Waals surface area (Å²) in [6, 6.07) is 0. The topological polar surface area (TPSA) is 87.0 Å². The molecular formula is C20H34O5. The standard InChI is InChI=1S/C20H34O5/c1-2-3-4-7-14(21)10-11-16-17-12-15(8-5-6-9-20(23)24)25-19(17)13-18(16)22/h10-11,14-19,21-22H,2-9,12-13H2,1H3,(H,23,24)/b11-10+/t14?,15-,16-,17?,18?,19?/m1/s1. The number of aliphatic hydroxyl groups is 2. The Labute approximate surface area is 151 Å². The molecule has 4 unspecified atom stereocenters. The second-order valence-electron chi connectivity index (χ2n) is 7.66. The molecule has 0 amide bonds. The van der Waals surface area contributed by atoms with E-state index in [1.165, 1.54) is 0 Å². The monoisotopic (exact) mass is 354 g/mol. The van der Waals surface area contributed by atoms with Crippen molar-refractivity contribution in [2.45, 2.75) is 95.5 Å². The van der Waals surface area contributed by atoms with Gasteiger partial charge in [-0.2, -0.15) is 0 Å². The van der Waals surface area contributed by atoms with Crippen LogP contribution in [0, 0.1) is 11.8 Å². The first-order chi connectivity index (χ1) is 12.0. The van der Waals surface area contributed by atoms with Gasteiger partial charge in [0.1, 0.15) is 0 Å². The summed E-state index contributed by atoms with van der Waals surface area (Å²) >= 11 is 0. The van der Waals surface area contributed by atoms with E-state index in [4.69, 9.17) is 9.84 Å². The predicted molar refractivity (Wildman–Crippen MR) is 96.3 cm³/mol. The normalized spacial score (nSPS) is 33.0. The fourth-order valence-electron chi connectivity index (χ4n) is 4.24. The number of carboxylic acid groups (broad SMARTS) is 1. The van der Waals surface area contributed by atoms with Gasteiger partial charge in [0.2, 0.25) is 0 Å². The lowest BCUT2D eigenvalue weighted by Crippen LogP contribution is -2.19. The van der Waals surface area contributed by atoms with Gasteiger partial charge in [0.05, 0.1) is 24.4 Å². The maximum Gasteiger partial charge on any atom is 0.303 e. The van der Waals surface area contributed by atoms with Gasteiger partial charge in [0.25, 0.3) is 0 Å². The Bertz CT molecular complexity index is 436. The van der Waals surface area contributed by atoms with Gasteiger partial charge in [0.15, 0.2) is 0 Å². The molecule has 5 heteroatoms. The highest BCUT2D eigenvalue weighted by Gasteiger charge is 2.47. The number of rotatable bonds is 11. The third-order valence-corrected chi connectivity index (χ3v) is 5.62. The van der Waals surface area contributed by atoms with E-state index in [9.17, 15) is 15.0 Å². The van der Waals surface area contributed by atoms with Crippen molar-refractivity contribution in [2.24, 2.45) is 11.8 Å². The number of ether oxygens (including phenoxy) is 1. The molecule has 1 saturated heterocycles. The molecule has 1 heterocycles. The van der Waals surface area contributed by atoms with Crippen LogP contribution < -0.4 is 0 Å². The Morgan fingerprint density at radius 3 is 2.76 bits per heavy atom. The lowest BCUT2D eigenvalue weighted by molar-refractivity contribution is -0.137. The number of fused-ring (bicyclic) bond motifs is 1. The fourth-order valence-corrected chi connectivity index (χ4v) is 4.24. The molecule has 144 valence electrons. The predicted octanol–water partition coefficient (Wildman–Crippen LogP) is 3.28. The number of aliphatic carboxylic acids is 1. The van der Waals surface area contributed by atoms with Crippen molar-refractivity contribution in [1.29, 1.82) is 0 Å². The minimum atomic E-state index is -0.741. The third-order valence-electron chi connectivity index (χ3n) is 5.62. The second kappa shape index (κ2) is 10.3. The van der Waals surface area contributed by atoms with Gasteiger partial charge in [-0.15, -0.1) is 0 Å². The molecule has 0 aromatic heterocycles. The van der Waals surface area contributed by atoms with E-state index < -0.39 is 12.1 Å². The molecule has 1 aliphatic carbocycles. The molecule has 5 nitrogen and oxygen atoms in total. The van der Waals surface area contributed by atoms with Gasteiger partial charge in [0, 0.05) is 18.8 Å². The zero-order valence-electron chi connectivity index (χ0n) is 15.3. The molecule has 0 aromatic carbocycles. The van der Waals surface area contributed by atoms with E-state index in [2.05, 4.69) is 6.92 Å². The molecule has 25 heavy (non-hydrogen) atoms. The Morgan fingerprint density at radius 2 is 2.04 bits per heavy atom. The van der Waals surface area contributed by atoms with Gasteiger partial charge in [-0.3, -0.25) is 4.79 Å². The van der Waals surface area contributed by atoms with Crippen molar-refractivity contribution < 1.29 is 24.9 Å². The van der Waals surface area contributed by atoms with Crippen LogP contribution in [0.4, 0.5) is 0 Å². The number of carbonyl (C=O) groups is 1. The summed E-state index contributed by atoms with van der Waals surface area (Å²) in [5.74, 6) is -0.358. The Morgan fingerprint density at radius 1 is 1.24 bits per heavy atom. The van der Waals surface area contributed by atoms with Crippen LogP contribution in [0.1, 0.15) is 71.1 Å². The summed E-state index contributed by atoms with van der Waals surface area (Å²) in [5.41, 5.74) is 0. The summed E-state index contributed by atoms with van der Waals surface area (Å²) in [5, 5.41) is 29.0. The summed E-state index contributed by atoms with van der Waals surface area (Å²) in [6.07, 6.45) is 11.7. The number of unbranched alkanes of at least 4 members (excludes halogenated alkanes) is 3. The van der Waals surface area contributed by atoms with Crippen molar-refractivity contribution in [3.05, 3.63) is 12.2 Å². The zero-order valence-corrected chi connectivity index (χ0v) is 15.3. The maximum absolute atomic E-state index is 10.6. The quantitative estimate of drug-likeness (QED) is 0.391. The molecule has 0 spiro atoms. The molecule has 0 radical (unpaired) electrons. The SMILES string of the molecule is CCCCCC(O)/C=C/[C@H]1C(O)CC2O[C@H](CCCCC(=O)O)CC21.